The molecule has 0 aliphatic rings. The zero-order valence-corrected chi connectivity index (χ0v) is 20.9. The van der Waals surface area contributed by atoms with Gasteiger partial charge in [-0.3, -0.25) is 4.79 Å². The summed E-state index contributed by atoms with van der Waals surface area (Å²) < 4.78 is 12.8. The predicted octanol–water partition coefficient (Wildman–Crippen LogP) is 6.56. The second-order valence-electron chi connectivity index (χ2n) is 9.06. The third kappa shape index (κ3) is 5.05. The summed E-state index contributed by atoms with van der Waals surface area (Å²) >= 11 is 3.65. The maximum Gasteiger partial charge on any atom is 0.248 e. The molecule has 0 aliphatic heterocycles. The van der Waals surface area contributed by atoms with Gasteiger partial charge in [-0.25, -0.2) is 0 Å². The van der Waals surface area contributed by atoms with Crippen LogP contribution < -0.4 is 10.3 Å². The molecule has 30 heavy (non-hydrogen) atoms. The van der Waals surface area contributed by atoms with Crippen molar-refractivity contribution in [3.63, 3.8) is 0 Å². The van der Waals surface area contributed by atoms with Gasteiger partial charge < -0.3 is 14.1 Å². The molecule has 0 fully saturated rings. The Morgan fingerprint density at radius 1 is 1.03 bits per heavy atom. The standard InChI is InChI=1S/C24H30BrNO3Si/c1-24(2,3)30(4,5)29-21(15-25)18-11-13-20(23-19(18)12-14-22(27)26-23)28-16-17-9-7-6-8-10-17/h6-14,21H,15-16H2,1-5H3,(H,26,27). The van der Waals surface area contributed by atoms with Gasteiger partial charge in [-0.15, -0.1) is 0 Å². The number of rotatable bonds is 7. The van der Waals surface area contributed by atoms with Crippen LogP contribution in [-0.4, -0.2) is 18.6 Å². The molecule has 4 nitrogen and oxygen atoms in total. The van der Waals surface area contributed by atoms with Crippen molar-refractivity contribution >= 4 is 35.2 Å². The Labute approximate surface area is 187 Å². The van der Waals surface area contributed by atoms with Gasteiger partial charge in [0, 0.05) is 16.8 Å². The van der Waals surface area contributed by atoms with Crippen LogP contribution >= 0.6 is 15.9 Å². The molecule has 1 atom stereocenters. The zero-order valence-electron chi connectivity index (χ0n) is 18.3. The molecule has 1 heterocycles. The van der Waals surface area contributed by atoms with E-state index in [1.807, 2.05) is 42.5 Å². The number of aromatic nitrogens is 1. The second-order valence-corrected chi connectivity index (χ2v) is 14.5. The predicted molar refractivity (Wildman–Crippen MR) is 130 cm³/mol. The Bertz CT molecular complexity index is 1060. The third-order valence-corrected chi connectivity index (χ3v) is 10.9. The first-order valence-electron chi connectivity index (χ1n) is 10.2. The molecule has 3 rings (SSSR count). The fourth-order valence-electron chi connectivity index (χ4n) is 3.09. The van der Waals surface area contributed by atoms with Crippen LogP contribution in [0.1, 0.15) is 38.0 Å². The van der Waals surface area contributed by atoms with Crippen LogP contribution in [-0.2, 0) is 11.0 Å². The van der Waals surface area contributed by atoms with E-state index in [2.05, 4.69) is 60.8 Å². The minimum Gasteiger partial charge on any atom is -0.487 e. The van der Waals surface area contributed by atoms with E-state index in [-0.39, 0.29) is 16.7 Å². The van der Waals surface area contributed by atoms with Gasteiger partial charge in [0.25, 0.3) is 0 Å². The van der Waals surface area contributed by atoms with Crippen molar-refractivity contribution in [2.75, 3.05) is 5.33 Å². The number of pyridine rings is 1. The largest absolute Gasteiger partial charge is 0.487 e. The van der Waals surface area contributed by atoms with E-state index in [9.17, 15) is 4.79 Å². The number of benzene rings is 2. The van der Waals surface area contributed by atoms with Crippen molar-refractivity contribution < 1.29 is 9.16 Å². The van der Waals surface area contributed by atoms with Crippen molar-refractivity contribution in [3.05, 3.63) is 76.1 Å². The molecular formula is C24H30BrNO3Si. The number of nitrogens with one attached hydrogen (secondary N) is 1. The first kappa shape index (κ1) is 22.8. The van der Waals surface area contributed by atoms with Gasteiger partial charge in [0.2, 0.25) is 5.56 Å². The van der Waals surface area contributed by atoms with Crippen molar-refractivity contribution in [3.8, 4) is 5.75 Å². The molecule has 1 N–H and O–H groups in total. The number of hydrogen-bond acceptors (Lipinski definition) is 3. The summed E-state index contributed by atoms with van der Waals surface area (Å²) in [5.74, 6) is 0.663. The molecule has 0 saturated heterocycles. The second kappa shape index (κ2) is 9.08. The highest BCUT2D eigenvalue weighted by Gasteiger charge is 2.39. The molecule has 1 unspecified atom stereocenters. The highest BCUT2D eigenvalue weighted by Crippen LogP contribution is 2.41. The lowest BCUT2D eigenvalue weighted by Crippen LogP contribution is -2.42. The average molecular weight is 488 g/mol. The first-order chi connectivity index (χ1) is 14.1. The van der Waals surface area contributed by atoms with Crippen LogP contribution in [0.3, 0.4) is 0 Å². The Morgan fingerprint density at radius 2 is 1.73 bits per heavy atom. The minimum atomic E-state index is -1.98. The van der Waals surface area contributed by atoms with Crippen molar-refractivity contribution in [1.82, 2.24) is 4.98 Å². The molecule has 160 valence electrons. The Morgan fingerprint density at radius 3 is 2.37 bits per heavy atom. The first-order valence-corrected chi connectivity index (χ1v) is 14.2. The van der Waals surface area contributed by atoms with Gasteiger partial charge in [0.05, 0.1) is 11.6 Å². The lowest BCUT2D eigenvalue weighted by molar-refractivity contribution is 0.210. The van der Waals surface area contributed by atoms with Crippen molar-refractivity contribution in [1.29, 1.82) is 0 Å². The van der Waals surface area contributed by atoms with E-state index in [4.69, 9.17) is 9.16 Å². The molecule has 0 bridgehead atoms. The van der Waals surface area contributed by atoms with Crippen LogP contribution in [0.5, 0.6) is 5.75 Å². The number of ether oxygens (including phenoxy) is 1. The molecule has 3 aromatic rings. The summed E-state index contributed by atoms with van der Waals surface area (Å²) in [5.41, 5.74) is 2.69. The molecular weight excluding hydrogens is 458 g/mol. The molecule has 0 radical (unpaired) electrons. The van der Waals surface area contributed by atoms with E-state index in [1.54, 1.807) is 6.07 Å². The number of aromatic amines is 1. The topological polar surface area (TPSA) is 51.3 Å². The molecule has 0 spiro atoms. The number of fused-ring (bicyclic) bond motifs is 1. The van der Waals surface area contributed by atoms with Crippen molar-refractivity contribution in [2.24, 2.45) is 0 Å². The van der Waals surface area contributed by atoms with Gasteiger partial charge in [0.1, 0.15) is 12.4 Å². The maximum absolute atomic E-state index is 12.1. The minimum absolute atomic E-state index is 0.107. The van der Waals surface area contributed by atoms with E-state index in [0.29, 0.717) is 23.2 Å². The monoisotopic (exact) mass is 487 g/mol. The summed E-state index contributed by atoms with van der Waals surface area (Å²) in [4.78, 5) is 15.0. The smallest absolute Gasteiger partial charge is 0.248 e. The van der Waals surface area contributed by atoms with Crippen LogP contribution in [0.15, 0.2) is 59.4 Å². The van der Waals surface area contributed by atoms with Crippen LogP contribution in [0.2, 0.25) is 18.1 Å². The van der Waals surface area contributed by atoms with Crippen LogP contribution in [0, 0.1) is 0 Å². The summed E-state index contributed by atoms with van der Waals surface area (Å²) in [7, 11) is -1.98. The Hall–Kier alpha value is -1.89. The Kier molecular flexibility index (Phi) is 6.90. The summed E-state index contributed by atoms with van der Waals surface area (Å²) in [6.07, 6.45) is -0.109. The van der Waals surface area contributed by atoms with Gasteiger partial charge in [-0.1, -0.05) is 73.1 Å². The molecule has 1 aromatic heterocycles. The lowest BCUT2D eigenvalue weighted by Gasteiger charge is -2.39. The quantitative estimate of drug-likeness (QED) is 0.303. The van der Waals surface area contributed by atoms with Gasteiger partial charge >= 0.3 is 0 Å². The lowest BCUT2D eigenvalue weighted by atomic mass is 10.0. The summed E-state index contributed by atoms with van der Waals surface area (Å²) in [5, 5.41) is 1.73. The third-order valence-electron chi connectivity index (χ3n) is 5.86. The maximum atomic E-state index is 12.1. The van der Waals surface area contributed by atoms with Gasteiger partial charge in [0.15, 0.2) is 8.32 Å². The zero-order chi connectivity index (χ0) is 21.9. The van der Waals surface area contributed by atoms with Crippen LogP contribution in [0.25, 0.3) is 10.9 Å². The van der Waals surface area contributed by atoms with E-state index in [0.717, 1.165) is 16.5 Å². The van der Waals surface area contributed by atoms with Gasteiger partial charge in [-0.05, 0) is 41.4 Å². The van der Waals surface area contributed by atoms with Gasteiger partial charge in [-0.2, -0.15) is 0 Å². The molecule has 0 amide bonds. The fraction of sp³-hybridized carbons (Fsp3) is 0.375. The molecule has 2 aromatic carbocycles. The fourth-order valence-corrected chi connectivity index (χ4v) is 5.10. The van der Waals surface area contributed by atoms with E-state index >= 15 is 0 Å². The summed E-state index contributed by atoms with van der Waals surface area (Å²) in [6, 6.07) is 17.4. The Balaban J connectivity index is 1.99. The SMILES string of the molecule is CC(C)(C)[Si](C)(C)OC(CBr)c1ccc(OCc2ccccc2)c2[nH]c(=O)ccc12. The molecule has 0 saturated carbocycles. The molecule has 0 aliphatic carbocycles. The van der Waals surface area contributed by atoms with Crippen molar-refractivity contribution in [2.45, 2.75) is 51.6 Å². The average Bonchev–Trinajstić information content (AvgIpc) is 2.70. The molecule has 6 heteroatoms. The highest BCUT2D eigenvalue weighted by atomic mass is 79.9. The van der Waals surface area contributed by atoms with E-state index < -0.39 is 8.32 Å². The number of halogens is 1. The van der Waals surface area contributed by atoms with Crippen LogP contribution in [0.4, 0.5) is 0 Å². The number of hydrogen-bond donors (Lipinski definition) is 1. The number of alkyl halides is 1. The number of H-pyrrole nitrogens is 1. The van der Waals surface area contributed by atoms with E-state index in [1.165, 1.54) is 0 Å². The highest BCUT2D eigenvalue weighted by molar-refractivity contribution is 9.09. The summed E-state index contributed by atoms with van der Waals surface area (Å²) in [6.45, 7) is 11.7. The normalized spacial score (nSPS) is 13.4.